The van der Waals surface area contributed by atoms with Crippen LogP contribution in [0.15, 0.2) is 29.6 Å². The van der Waals surface area contributed by atoms with Gasteiger partial charge in [-0.1, -0.05) is 18.2 Å². The minimum atomic E-state index is -4.43. The molecule has 1 aromatic carbocycles. The third-order valence-electron chi connectivity index (χ3n) is 3.50. The Kier molecular flexibility index (Phi) is 4.25. The molecule has 4 nitrogen and oxygen atoms in total. The van der Waals surface area contributed by atoms with E-state index in [4.69, 9.17) is 4.74 Å². The van der Waals surface area contributed by atoms with Crippen molar-refractivity contribution in [3.63, 3.8) is 0 Å². The molecular weight excluding hydrogens is 329 g/mol. The molecule has 0 saturated heterocycles. The maximum atomic E-state index is 12.5. The zero-order valence-electron chi connectivity index (χ0n) is 11.9. The van der Waals surface area contributed by atoms with Gasteiger partial charge in [-0.05, 0) is 6.07 Å². The first-order chi connectivity index (χ1) is 10.9. The van der Waals surface area contributed by atoms with Crippen LogP contribution in [0.25, 0.3) is 0 Å². The van der Waals surface area contributed by atoms with Gasteiger partial charge in [-0.25, -0.2) is 4.98 Å². The highest BCUT2D eigenvalue weighted by Crippen LogP contribution is 2.33. The summed E-state index contributed by atoms with van der Waals surface area (Å²) in [5.74, 6) is 0.123. The average Bonchev–Trinajstić information content (AvgIpc) is 3.13. The Morgan fingerprint density at radius 3 is 2.91 bits per heavy atom. The number of thiazole rings is 1. The maximum absolute atomic E-state index is 12.5. The van der Waals surface area contributed by atoms with Crippen LogP contribution in [0.4, 0.5) is 13.2 Å². The molecule has 2 aromatic rings. The fraction of sp³-hybridized carbons (Fsp3) is 0.333. The number of alkyl halides is 3. The number of carbonyl (C=O) groups excluding carboxylic acids is 1. The molecule has 0 saturated carbocycles. The van der Waals surface area contributed by atoms with E-state index in [1.54, 1.807) is 6.07 Å². The van der Waals surface area contributed by atoms with Gasteiger partial charge in [0.15, 0.2) is 5.69 Å². The number of para-hydroxylation sites is 1. The molecule has 0 fully saturated rings. The van der Waals surface area contributed by atoms with E-state index in [0.29, 0.717) is 10.8 Å². The van der Waals surface area contributed by atoms with Gasteiger partial charge in [-0.3, -0.25) is 4.79 Å². The first-order valence-corrected chi connectivity index (χ1v) is 7.84. The fourth-order valence-corrected chi connectivity index (χ4v) is 3.16. The zero-order valence-corrected chi connectivity index (χ0v) is 12.7. The number of nitrogens with one attached hydrogen (secondary N) is 1. The van der Waals surface area contributed by atoms with Crippen molar-refractivity contribution >= 4 is 17.2 Å². The molecule has 1 aliphatic heterocycles. The van der Waals surface area contributed by atoms with E-state index in [2.05, 4.69) is 10.3 Å². The van der Waals surface area contributed by atoms with Gasteiger partial charge < -0.3 is 10.1 Å². The first kappa shape index (κ1) is 15.8. The summed E-state index contributed by atoms with van der Waals surface area (Å²) in [6, 6.07) is 7.31. The van der Waals surface area contributed by atoms with Gasteiger partial charge in [0.2, 0.25) is 5.91 Å². The second kappa shape index (κ2) is 6.19. The monoisotopic (exact) mass is 342 g/mol. The van der Waals surface area contributed by atoms with Gasteiger partial charge in [0.25, 0.3) is 0 Å². The van der Waals surface area contributed by atoms with Gasteiger partial charge in [0, 0.05) is 23.9 Å². The maximum Gasteiger partial charge on any atom is 0.434 e. The lowest BCUT2D eigenvalue weighted by Gasteiger charge is -2.09. The van der Waals surface area contributed by atoms with Crippen molar-refractivity contribution in [1.29, 1.82) is 0 Å². The lowest BCUT2D eigenvalue weighted by Crippen LogP contribution is -2.31. The van der Waals surface area contributed by atoms with Crippen LogP contribution in [-0.4, -0.2) is 24.0 Å². The van der Waals surface area contributed by atoms with Crippen molar-refractivity contribution in [1.82, 2.24) is 10.3 Å². The molecular formula is C15H13F3N2O2S. The summed E-state index contributed by atoms with van der Waals surface area (Å²) in [6.07, 6.45) is -4.16. The number of aromatic nitrogens is 1. The Labute approximate surface area is 134 Å². The Hall–Kier alpha value is -2.09. The number of rotatable bonds is 4. The van der Waals surface area contributed by atoms with E-state index in [1.165, 1.54) is 0 Å². The molecule has 1 N–H and O–H groups in total. The third kappa shape index (κ3) is 3.47. The van der Waals surface area contributed by atoms with Crippen molar-refractivity contribution in [2.45, 2.75) is 18.5 Å². The molecule has 1 atom stereocenters. The SMILES string of the molecule is O=C(NCCc1nc(C(F)(F)F)cs1)[C@@H]1COc2ccccc21. The highest BCUT2D eigenvalue weighted by atomic mass is 32.1. The summed E-state index contributed by atoms with van der Waals surface area (Å²) in [7, 11) is 0. The average molecular weight is 342 g/mol. The molecule has 0 spiro atoms. The van der Waals surface area contributed by atoms with Crippen molar-refractivity contribution in [2.75, 3.05) is 13.2 Å². The lowest BCUT2D eigenvalue weighted by molar-refractivity contribution is -0.140. The number of benzene rings is 1. The summed E-state index contributed by atoms with van der Waals surface area (Å²) < 4.78 is 42.8. The number of halogens is 3. The smallest absolute Gasteiger partial charge is 0.434 e. The quantitative estimate of drug-likeness (QED) is 0.929. The van der Waals surface area contributed by atoms with Crippen LogP contribution >= 0.6 is 11.3 Å². The van der Waals surface area contributed by atoms with Crippen LogP contribution in [0.2, 0.25) is 0 Å². The molecule has 1 amide bonds. The van der Waals surface area contributed by atoms with E-state index in [0.717, 1.165) is 22.3 Å². The molecule has 0 aliphatic carbocycles. The molecule has 8 heteroatoms. The highest BCUT2D eigenvalue weighted by Gasteiger charge is 2.33. The Balaban J connectivity index is 1.53. The minimum Gasteiger partial charge on any atom is -0.492 e. The molecule has 1 aromatic heterocycles. The van der Waals surface area contributed by atoms with Crippen molar-refractivity contribution in [2.24, 2.45) is 0 Å². The number of hydrogen-bond donors (Lipinski definition) is 1. The molecule has 0 bridgehead atoms. The van der Waals surface area contributed by atoms with Gasteiger partial charge in [-0.15, -0.1) is 11.3 Å². The van der Waals surface area contributed by atoms with Gasteiger partial charge in [0.05, 0.1) is 5.01 Å². The summed E-state index contributed by atoms with van der Waals surface area (Å²) in [5, 5.41) is 4.06. The second-order valence-corrected chi connectivity index (χ2v) is 6.01. The van der Waals surface area contributed by atoms with Gasteiger partial charge >= 0.3 is 6.18 Å². The van der Waals surface area contributed by atoms with Crippen LogP contribution in [0.3, 0.4) is 0 Å². The molecule has 0 unspecified atom stereocenters. The molecule has 3 rings (SSSR count). The van der Waals surface area contributed by atoms with E-state index < -0.39 is 11.9 Å². The summed E-state index contributed by atoms with van der Waals surface area (Å²) >= 11 is 0.942. The molecule has 1 aliphatic rings. The first-order valence-electron chi connectivity index (χ1n) is 6.96. The lowest BCUT2D eigenvalue weighted by atomic mass is 10.0. The van der Waals surface area contributed by atoms with Crippen LogP contribution < -0.4 is 10.1 Å². The second-order valence-electron chi connectivity index (χ2n) is 5.07. The van der Waals surface area contributed by atoms with Crippen LogP contribution in [-0.2, 0) is 17.4 Å². The Morgan fingerprint density at radius 1 is 1.39 bits per heavy atom. The van der Waals surface area contributed by atoms with E-state index in [1.807, 2.05) is 18.2 Å². The van der Waals surface area contributed by atoms with Crippen LogP contribution in [0.1, 0.15) is 22.2 Å². The van der Waals surface area contributed by atoms with E-state index in [9.17, 15) is 18.0 Å². The number of carbonyl (C=O) groups is 1. The predicted molar refractivity (Wildman–Crippen MR) is 78.5 cm³/mol. The summed E-state index contributed by atoms with van der Waals surface area (Å²) in [4.78, 5) is 15.7. The van der Waals surface area contributed by atoms with E-state index >= 15 is 0 Å². The van der Waals surface area contributed by atoms with Gasteiger partial charge in [0.1, 0.15) is 18.3 Å². The Morgan fingerprint density at radius 2 is 2.17 bits per heavy atom. The third-order valence-corrected chi connectivity index (χ3v) is 4.41. The zero-order chi connectivity index (χ0) is 16.4. The number of amides is 1. The number of ether oxygens (including phenoxy) is 1. The van der Waals surface area contributed by atoms with Crippen molar-refractivity contribution in [3.8, 4) is 5.75 Å². The molecule has 122 valence electrons. The summed E-state index contributed by atoms with van der Waals surface area (Å²) in [6.45, 7) is 0.517. The van der Waals surface area contributed by atoms with Crippen molar-refractivity contribution < 1.29 is 22.7 Å². The largest absolute Gasteiger partial charge is 0.492 e. The normalized spacial score (nSPS) is 16.7. The number of hydrogen-bond acceptors (Lipinski definition) is 4. The molecule has 2 heterocycles. The number of fused-ring (bicyclic) bond motifs is 1. The fourth-order valence-electron chi connectivity index (χ4n) is 2.35. The minimum absolute atomic E-state index is 0.192. The molecule has 23 heavy (non-hydrogen) atoms. The predicted octanol–water partition coefficient (Wildman–Crippen LogP) is 3.00. The standard InChI is InChI=1S/C15H13F3N2O2S/c16-15(17,18)12-8-23-13(20-12)5-6-19-14(21)10-7-22-11-4-2-1-3-9(10)11/h1-4,8,10H,5-7H2,(H,19,21)/t10-/m1/s1. The van der Waals surface area contributed by atoms with Crippen LogP contribution in [0.5, 0.6) is 5.75 Å². The van der Waals surface area contributed by atoms with Crippen LogP contribution in [0, 0.1) is 0 Å². The molecule has 0 radical (unpaired) electrons. The highest BCUT2D eigenvalue weighted by molar-refractivity contribution is 7.09. The van der Waals surface area contributed by atoms with Gasteiger partial charge in [-0.2, -0.15) is 13.2 Å². The van der Waals surface area contributed by atoms with E-state index in [-0.39, 0.29) is 31.4 Å². The number of nitrogens with zero attached hydrogens (tertiary/aromatic N) is 1. The topological polar surface area (TPSA) is 51.2 Å². The summed E-state index contributed by atoms with van der Waals surface area (Å²) in [5.41, 5.74) is -0.0550. The van der Waals surface area contributed by atoms with Crippen molar-refractivity contribution in [3.05, 3.63) is 45.9 Å². The Bertz CT molecular complexity index is 715.